The maximum absolute atomic E-state index is 12.5. The quantitative estimate of drug-likeness (QED) is 0.730. The lowest BCUT2D eigenvalue weighted by molar-refractivity contribution is -0.138. The van der Waals surface area contributed by atoms with Crippen molar-refractivity contribution in [2.24, 2.45) is 0 Å². The molecule has 1 N–H and O–H groups in total. The molecule has 0 saturated carbocycles. The highest BCUT2D eigenvalue weighted by Gasteiger charge is 2.39. The van der Waals surface area contributed by atoms with Gasteiger partial charge in [0.05, 0.1) is 12.1 Å². The van der Waals surface area contributed by atoms with Crippen molar-refractivity contribution in [1.82, 2.24) is 25.0 Å². The van der Waals surface area contributed by atoms with Crippen LogP contribution in [0.15, 0.2) is 6.33 Å². The Hall–Kier alpha value is -1.43. The summed E-state index contributed by atoms with van der Waals surface area (Å²) in [7, 11) is 0. The molecule has 1 atom stereocenters. The lowest BCUT2D eigenvalue weighted by Crippen LogP contribution is -2.54. The highest BCUT2D eigenvalue weighted by atomic mass is 16.2. The maximum atomic E-state index is 12.5. The Bertz CT molecular complexity index is 435. The molecule has 3 heterocycles. The molecule has 1 amide bonds. The maximum Gasteiger partial charge on any atom is 0.243 e. The van der Waals surface area contributed by atoms with E-state index in [1.54, 1.807) is 6.33 Å². The van der Waals surface area contributed by atoms with Gasteiger partial charge in [-0.15, -0.1) is 10.2 Å². The average Bonchev–Trinajstić information content (AvgIpc) is 2.96. The molecule has 2 aliphatic heterocycles. The summed E-state index contributed by atoms with van der Waals surface area (Å²) in [5.41, 5.74) is -0.373. The highest BCUT2D eigenvalue weighted by Crippen LogP contribution is 2.23. The molecule has 6 nitrogen and oxygen atoms in total. The minimum Gasteiger partial charge on any atom is -0.332 e. The fraction of sp³-hybridized carbons (Fsp3) is 0.727. The molecule has 92 valence electrons. The molecule has 1 unspecified atom stereocenters. The van der Waals surface area contributed by atoms with Crippen LogP contribution in [0.25, 0.3) is 0 Å². The van der Waals surface area contributed by atoms with Crippen molar-refractivity contribution in [1.29, 1.82) is 0 Å². The minimum atomic E-state index is -0.373. The molecule has 0 spiro atoms. The van der Waals surface area contributed by atoms with Gasteiger partial charge in [0.1, 0.15) is 6.33 Å². The van der Waals surface area contributed by atoms with Gasteiger partial charge in [-0.1, -0.05) is 0 Å². The zero-order valence-electron chi connectivity index (χ0n) is 10.0. The molecular weight excluding hydrogens is 218 g/mol. The second kappa shape index (κ2) is 3.80. The van der Waals surface area contributed by atoms with Gasteiger partial charge in [0.25, 0.3) is 0 Å². The monoisotopic (exact) mass is 235 g/mol. The molecule has 0 bridgehead atoms. The van der Waals surface area contributed by atoms with Crippen LogP contribution < -0.4 is 5.32 Å². The summed E-state index contributed by atoms with van der Waals surface area (Å²) in [5.74, 6) is 1.08. The standard InChI is InChI=1S/C11H17N5O/c1-11(3-2-4-12-11)10(17)15-5-6-16-8-13-14-9(16)7-15/h8,12H,2-7H2,1H3. The topological polar surface area (TPSA) is 63.1 Å². The molecule has 0 radical (unpaired) electrons. The van der Waals surface area contributed by atoms with Crippen molar-refractivity contribution >= 4 is 5.91 Å². The van der Waals surface area contributed by atoms with Crippen molar-refractivity contribution in [3.05, 3.63) is 12.2 Å². The van der Waals surface area contributed by atoms with Crippen molar-refractivity contribution < 1.29 is 4.79 Å². The smallest absolute Gasteiger partial charge is 0.243 e. The van der Waals surface area contributed by atoms with Crippen LogP contribution in [0.5, 0.6) is 0 Å². The first kappa shape index (κ1) is 10.7. The SMILES string of the molecule is CC1(C(=O)N2CCn3cnnc3C2)CCCN1. The van der Waals surface area contributed by atoms with Crippen LogP contribution in [-0.4, -0.2) is 44.2 Å². The number of nitrogens with zero attached hydrogens (tertiary/aromatic N) is 4. The highest BCUT2D eigenvalue weighted by molar-refractivity contribution is 5.86. The Labute approximate surface area is 100 Å². The summed E-state index contributed by atoms with van der Waals surface area (Å²) >= 11 is 0. The third-order valence-electron chi connectivity index (χ3n) is 3.77. The van der Waals surface area contributed by atoms with Gasteiger partial charge in [-0.25, -0.2) is 0 Å². The van der Waals surface area contributed by atoms with E-state index in [-0.39, 0.29) is 11.4 Å². The first-order chi connectivity index (χ1) is 8.19. The Kier molecular flexibility index (Phi) is 2.39. The third-order valence-corrected chi connectivity index (χ3v) is 3.77. The Morgan fingerprint density at radius 2 is 2.41 bits per heavy atom. The van der Waals surface area contributed by atoms with Gasteiger partial charge in [-0.05, 0) is 26.3 Å². The summed E-state index contributed by atoms with van der Waals surface area (Å²) in [6.07, 6.45) is 3.73. The Morgan fingerprint density at radius 3 is 3.18 bits per heavy atom. The van der Waals surface area contributed by atoms with E-state index in [1.807, 2.05) is 16.4 Å². The van der Waals surface area contributed by atoms with Gasteiger partial charge in [-0.2, -0.15) is 0 Å². The minimum absolute atomic E-state index is 0.198. The van der Waals surface area contributed by atoms with Crippen molar-refractivity contribution in [2.45, 2.75) is 38.4 Å². The molecule has 0 aromatic carbocycles. The van der Waals surface area contributed by atoms with Gasteiger partial charge in [0.2, 0.25) is 5.91 Å². The van der Waals surface area contributed by atoms with Crippen LogP contribution >= 0.6 is 0 Å². The zero-order valence-corrected chi connectivity index (χ0v) is 10.0. The number of fused-ring (bicyclic) bond motifs is 1. The van der Waals surface area contributed by atoms with Crippen molar-refractivity contribution in [3.8, 4) is 0 Å². The number of carbonyl (C=O) groups is 1. The van der Waals surface area contributed by atoms with Crippen LogP contribution in [0.1, 0.15) is 25.6 Å². The van der Waals surface area contributed by atoms with Gasteiger partial charge in [-0.3, -0.25) is 4.79 Å². The van der Waals surface area contributed by atoms with Crippen LogP contribution in [-0.2, 0) is 17.9 Å². The van der Waals surface area contributed by atoms with Crippen LogP contribution in [0.2, 0.25) is 0 Å². The van der Waals surface area contributed by atoms with Crippen LogP contribution in [0, 0.1) is 0 Å². The van der Waals surface area contributed by atoms with Gasteiger partial charge >= 0.3 is 0 Å². The molecule has 1 fully saturated rings. The molecule has 6 heteroatoms. The van der Waals surface area contributed by atoms with E-state index >= 15 is 0 Å². The molecule has 1 aromatic rings. The summed E-state index contributed by atoms with van der Waals surface area (Å²) in [5, 5.41) is 11.2. The third kappa shape index (κ3) is 1.72. The molecular formula is C11H17N5O. The van der Waals surface area contributed by atoms with E-state index < -0.39 is 0 Å². The molecule has 3 rings (SSSR count). The van der Waals surface area contributed by atoms with Gasteiger partial charge in [0.15, 0.2) is 5.82 Å². The summed E-state index contributed by atoms with van der Waals surface area (Å²) < 4.78 is 2.01. The number of rotatable bonds is 1. The molecule has 2 aliphatic rings. The largest absolute Gasteiger partial charge is 0.332 e. The number of nitrogens with one attached hydrogen (secondary N) is 1. The predicted molar refractivity (Wildman–Crippen MR) is 61.1 cm³/mol. The lowest BCUT2D eigenvalue weighted by Gasteiger charge is -2.34. The summed E-state index contributed by atoms with van der Waals surface area (Å²) in [6, 6.07) is 0. The van der Waals surface area contributed by atoms with E-state index in [0.29, 0.717) is 6.54 Å². The second-order valence-electron chi connectivity index (χ2n) is 5.03. The molecule has 0 aliphatic carbocycles. The summed E-state index contributed by atoms with van der Waals surface area (Å²) in [6.45, 7) is 5.06. The van der Waals surface area contributed by atoms with E-state index in [4.69, 9.17) is 0 Å². The fourth-order valence-corrected chi connectivity index (χ4v) is 2.67. The Morgan fingerprint density at radius 1 is 1.53 bits per heavy atom. The predicted octanol–water partition coefficient (Wildman–Crippen LogP) is -0.238. The van der Waals surface area contributed by atoms with Crippen molar-refractivity contribution in [2.75, 3.05) is 13.1 Å². The zero-order chi connectivity index (χ0) is 11.9. The van der Waals surface area contributed by atoms with Crippen LogP contribution in [0.4, 0.5) is 0 Å². The molecule has 1 aromatic heterocycles. The second-order valence-corrected chi connectivity index (χ2v) is 5.03. The summed E-state index contributed by atoms with van der Waals surface area (Å²) in [4.78, 5) is 14.4. The van der Waals surface area contributed by atoms with Gasteiger partial charge in [0, 0.05) is 13.1 Å². The number of hydrogen-bond acceptors (Lipinski definition) is 4. The normalized spacial score (nSPS) is 28.2. The molecule has 17 heavy (non-hydrogen) atoms. The van der Waals surface area contributed by atoms with E-state index in [2.05, 4.69) is 15.5 Å². The number of carbonyl (C=O) groups excluding carboxylic acids is 1. The van der Waals surface area contributed by atoms with Gasteiger partial charge < -0.3 is 14.8 Å². The number of hydrogen-bond donors (Lipinski definition) is 1. The number of aromatic nitrogens is 3. The fourth-order valence-electron chi connectivity index (χ4n) is 2.67. The lowest BCUT2D eigenvalue weighted by atomic mass is 9.98. The number of amides is 1. The van der Waals surface area contributed by atoms with E-state index in [0.717, 1.165) is 38.3 Å². The first-order valence-electron chi connectivity index (χ1n) is 6.10. The van der Waals surface area contributed by atoms with Crippen molar-refractivity contribution in [3.63, 3.8) is 0 Å². The van der Waals surface area contributed by atoms with Crippen LogP contribution in [0.3, 0.4) is 0 Å². The van der Waals surface area contributed by atoms with E-state index in [1.165, 1.54) is 0 Å². The van der Waals surface area contributed by atoms with E-state index in [9.17, 15) is 4.79 Å². The average molecular weight is 235 g/mol. The molecule has 1 saturated heterocycles. The Balaban J connectivity index is 1.76. The first-order valence-corrected chi connectivity index (χ1v) is 6.10.